The lowest BCUT2D eigenvalue weighted by atomic mass is 9.59. The van der Waals surface area contributed by atoms with Crippen molar-refractivity contribution in [3.63, 3.8) is 0 Å². The topological polar surface area (TPSA) is 37.3 Å². The number of hydrogen-bond acceptors (Lipinski definition) is 2. The molecule has 94 valence electrons. The van der Waals surface area contributed by atoms with E-state index in [9.17, 15) is 9.90 Å². The zero-order chi connectivity index (χ0) is 12.8. The number of fused-ring (bicyclic) bond motifs is 1. The van der Waals surface area contributed by atoms with E-state index in [-0.39, 0.29) is 11.2 Å². The first-order valence-electron chi connectivity index (χ1n) is 6.43. The Labute approximate surface area is 103 Å². The Kier molecular flexibility index (Phi) is 3.03. The lowest BCUT2D eigenvalue weighted by Crippen LogP contribution is -2.44. The van der Waals surface area contributed by atoms with Gasteiger partial charge >= 0.3 is 0 Å². The highest BCUT2D eigenvalue weighted by Crippen LogP contribution is 2.51. The third-order valence-electron chi connectivity index (χ3n) is 4.83. The second-order valence-electron chi connectivity index (χ2n) is 5.95. The molecule has 0 radical (unpaired) electrons. The normalized spacial score (nSPS) is 38.0. The Morgan fingerprint density at radius 1 is 1.47 bits per heavy atom. The molecule has 1 fully saturated rings. The third-order valence-corrected chi connectivity index (χ3v) is 4.83. The number of carbonyl (C=O) groups excluding carboxylic acids is 1. The highest BCUT2D eigenvalue weighted by atomic mass is 16.3. The molecule has 2 aliphatic carbocycles. The van der Waals surface area contributed by atoms with Crippen molar-refractivity contribution in [3.8, 4) is 0 Å². The zero-order valence-electron chi connectivity index (χ0n) is 11.0. The van der Waals surface area contributed by atoms with Crippen molar-refractivity contribution in [2.75, 3.05) is 0 Å². The maximum Gasteiger partial charge on any atom is 0.161 e. The molecule has 3 atom stereocenters. The molecular formula is C15H22O2. The Bertz CT molecular complexity index is 405. The van der Waals surface area contributed by atoms with Crippen molar-refractivity contribution >= 4 is 5.78 Å². The van der Waals surface area contributed by atoms with Crippen LogP contribution in [0, 0.1) is 11.3 Å². The Morgan fingerprint density at radius 3 is 2.71 bits per heavy atom. The third kappa shape index (κ3) is 1.89. The van der Waals surface area contributed by atoms with Gasteiger partial charge in [0.2, 0.25) is 0 Å². The number of carbonyl (C=O) groups is 1. The molecule has 2 rings (SSSR count). The van der Waals surface area contributed by atoms with E-state index in [4.69, 9.17) is 0 Å². The largest absolute Gasteiger partial charge is 0.392 e. The molecule has 0 amide bonds. The first kappa shape index (κ1) is 12.6. The number of aliphatic hydroxyl groups is 1. The van der Waals surface area contributed by atoms with Gasteiger partial charge < -0.3 is 5.11 Å². The fraction of sp³-hybridized carbons (Fsp3) is 0.667. The number of ketones is 1. The van der Waals surface area contributed by atoms with Crippen LogP contribution < -0.4 is 0 Å². The van der Waals surface area contributed by atoms with Crippen molar-refractivity contribution in [2.24, 2.45) is 11.3 Å². The number of rotatable bonds is 1. The molecule has 1 saturated carbocycles. The van der Waals surface area contributed by atoms with Gasteiger partial charge in [0.05, 0.1) is 6.10 Å². The van der Waals surface area contributed by atoms with Gasteiger partial charge in [-0.25, -0.2) is 0 Å². The molecule has 0 saturated heterocycles. The van der Waals surface area contributed by atoms with E-state index in [1.807, 2.05) is 6.92 Å². The summed E-state index contributed by atoms with van der Waals surface area (Å²) >= 11 is 0. The summed E-state index contributed by atoms with van der Waals surface area (Å²) in [7, 11) is 0. The average molecular weight is 234 g/mol. The van der Waals surface area contributed by atoms with Crippen molar-refractivity contribution in [1.82, 2.24) is 0 Å². The second kappa shape index (κ2) is 4.09. The summed E-state index contributed by atoms with van der Waals surface area (Å²) in [5, 5.41) is 10.2. The van der Waals surface area contributed by atoms with Gasteiger partial charge in [0.25, 0.3) is 0 Å². The lowest BCUT2D eigenvalue weighted by Gasteiger charge is -2.46. The first-order valence-corrected chi connectivity index (χ1v) is 6.43. The quantitative estimate of drug-likeness (QED) is 0.708. The molecule has 0 bridgehead atoms. The summed E-state index contributed by atoms with van der Waals surface area (Å²) in [6, 6.07) is 0. The van der Waals surface area contributed by atoms with Gasteiger partial charge in [-0.15, -0.1) is 0 Å². The van der Waals surface area contributed by atoms with E-state index < -0.39 is 6.10 Å². The van der Waals surface area contributed by atoms with Crippen molar-refractivity contribution in [2.45, 2.75) is 52.6 Å². The molecule has 0 heterocycles. The van der Waals surface area contributed by atoms with Crippen LogP contribution in [-0.4, -0.2) is 17.0 Å². The van der Waals surface area contributed by atoms with E-state index >= 15 is 0 Å². The van der Waals surface area contributed by atoms with E-state index in [0.717, 1.165) is 24.8 Å². The molecule has 2 aliphatic rings. The van der Waals surface area contributed by atoms with Gasteiger partial charge in [-0.3, -0.25) is 4.79 Å². The van der Waals surface area contributed by atoms with Crippen molar-refractivity contribution in [3.05, 3.63) is 23.3 Å². The smallest absolute Gasteiger partial charge is 0.161 e. The summed E-state index contributed by atoms with van der Waals surface area (Å²) in [6.07, 6.45) is 2.74. The molecule has 0 aromatic heterocycles. The summed E-state index contributed by atoms with van der Waals surface area (Å²) < 4.78 is 0. The van der Waals surface area contributed by atoms with Crippen LogP contribution in [0.5, 0.6) is 0 Å². The fourth-order valence-corrected chi connectivity index (χ4v) is 3.30. The fourth-order valence-electron chi connectivity index (χ4n) is 3.30. The minimum atomic E-state index is -0.500. The number of Topliss-reactive ketones (excluding diaryl/α,β-unsaturated/α-hetero) is 1. The van der Waals surface area contributed by atoms with Crippen LogP contribution in [0.25, 0.3) is 0 Å². The summed E-state index contributed by atoms with van der Waals surface area (Å²) in [4.78, 5) is 11.8. The number of hydrogen-bond donors (Lipinski definition) is 1. The van der Waals surface area contributed by atoms with Crippen molar-refractivity contribution < 1.29 is 9.90 Å². The molecule has 3 unspecified atom stereocenters. The average Bonchev–Trinajstić information content (AvgIpc) is 2.26. The highest BCUT2D eigenvalue weighted by Gasteiger charge is 2.46. The van der Waals surface area contributed by atoms with Crippen LogP contribution in [0.15, 0.2) is 23.3 Å². The minimum absolute atomic E-state index is 0.118. The summed E-state index contributed by atoms with van der Waals surface area (Å²) in [5.41, 5.74) is 3.09. The predicted octanol–water partition coefficient (Wildman–Crippen LogP) is 3.02. The second-order valence-corrected chi connectivity index (χ2v) is 5.95. The first-order chi connectivity index (χ1) is 7.86. The monoisotopic (exact) mass is 234 g/mol. The number of allylic oxidation sites excluding steroid dienone is 2. The van der Waals surface area contributed by atoms with E-state index in [0.29, 0.717) is 12.3 Å². The van der Waals surface area contributed by atoms with E-state index in [1.165, 1.54) is 11.1 Å². The van der Waals surface area contributed by atoms with Gasteiger partial charge in [0.1, 0.15) is 0 Å². The van der Waals surface area contributed by atoms with Crippen LogP contribution >= 0.6 is 0 Å². The minimum Gasteiger partial charge on any atom is -0.392 e. The summed E-state index contributed by atoms with van der Waals surface area (Å²) in [6.45, 7) is 10.1. The van der Waals surface area contributed by atoms with Gasteiger partial charge in [-0.2, -0.15) is 0 Å². The molecular weight excluding hydrogens is 212 g/mol. The van der Waals surface area contributed by atoms with Crippen LogP contribution in [-0.2, 0) is 4.79 Å². The molecule has 1 N–H and O–H groups in total. The van der Waals surface area contributed by atoms with Gasteiger partial charge in [-0.1, -0.05) is 24.6 Å². The standard InChI is InChI=1S/C15H22O2/c1-9(2)11-5-6-15(4)12(7-11)10(3)13(16)8-14(15)17/h11,14,17H,1,5-8H2,2-4H3. The zero-order valence-corrected chi connectivity index (χ0v) is 11.0. The van der Waals surface area contributed by atoms with Gasteiger partial charge in [-0.05, 0) is 44.6 Å². The van der Waals surface area contributed by atoms with Gasteiger partial charge in [0.15, 0.2) is 5.78 Å². The maximum absolute atomic E-state index is 11.8. The molecule has 0 aromatic rings. The molecule has 0 aliphatic heterocycles. The van der Waals surface area contributed by atoms with Crippen LogP contribution in [0.1, 0.15) is 46.5 Å². The van der Waals surface area contributed by atoms with E-state index in [1.54, 1.807) is 0 Å². The molecule has 0 spiro atoms. The molecule has 2 heteroatoms. The highest BCUT2D eigenvalue weighted by molar-refractivity contribution is 5.97. The van der Waals surface area contributed by atoms with E-state index in [2.05, 4.69) is 20.4 Å². The number of aliphatic hydroxyl groups excluding tert-OH is 1. The SMILES string of the molecule is C=C(C)C1CCC2(C)C(=C(C)C(=O)CC2O)C1. The molecule has 0 aromatic carbocycles. The Morgan fingerprint density at radius 2 is 2.12 bits per heavy atom. The Balaban J connectivity index is 2.40. The van der Waals surface area contributed by atoms with Crippen LogP contribution in [0.2, 0.25) is 0 Å². The summed E-state index contributed by atoms with van der Waals surface area (Å²) in [5.74, 6) is 0.596. The molecule has 2 nitrogen and oxygen atoms in total. The lowest BCUT2D eigenvalue weighted by molar-refractivity contribution is -0.121. The molecule has 17 heavy (non-hydrogen) atoms. The van der Waals surface area contributed by atoms with Crippen LogP contribution in [0.3, 0.4) is 0 Å². The van der Waals surface area contributed by atoms with Crippen molar-refractivity contribution in [1.29, 1.82) is 0 Å². The van der Waals surface area contributed by atoms with Gasteiger partial charge in [0, 0.05) is 11.8 Å². The Hall–Kier alpha value is -0.890. The maximum atomic E-state index is 11.8. The predicted molar refractivity (Wildman–Crippen MR) is 68.6 cm³/mol. The van der Waals surface area contributed by atoms with Crippen LogP contribution in [0.4, 0.5) is 0 Å².